The largest absolute Gasteiger partial charge is 0.308 e. The molecule has 0 aliphatic heterocycles. The van der Waals surface area contributed by atoms with E-state index in [0.29, 0.717) is 0 Å². The van der Waals surface area contributed by atoms with Crippen molar-refractivity contribution in [3.63, 3.8) is 0 Å². The third-order valence-corrected chi connectivity index (χ3v) is 11.6. The van der Waals surface area contributed by atoms with Gasteiger partial charge in [-0.15, -0.1) is 22.7 Å². The lowest BCUT2D eigenvalue weighted by atomic mass is 9.91. The van der Waals surface area contributed by atoms with E-state index in [1.807, 2.05) is 22.7 Å². The molecule has 0 aliphatic carbocycles. The molecule has 10 aromatic rings. The number of hydrogen-bond donors (Lipinski definition) is 0. The van der Waals surface area contributed by atoms with Crippen LogP contribution < -0.4 is 0 Å². The topological polar surface area (TPSA) is 4.93 Å². The first-order valence-corrected chi connectivity index (χ1v) is 16.9. The van der Waals surface area contributed by atoms with Crippen molar-refractivity contribution in [1.82, 2.24) is 4.57 Å². The molecular formula is C42H25NS2. The Kier molecular flexibility index (Phi) is 5.39. The Morgan fingerprint density at radius 1 is 0.422 bits per heavy atom. The average Bonchev–Trinajstić information content (AvgIpc) is 3.77. The van der Waals surface area contributed by atoms with Crippen molar-refractivity contribution < 1.29 is 0 Å². The number of aromatic nitrogens is 1. The number of hydrogen-bond acceptors (Lipinski definition) is 2. The van der Waals surface area contributed by atoms with E-state index in [9.17, 15) is 0 Å². The maximum Gasteiger partial charge on any atom is 0.0727 e. The molecule has 3 heterocycles. The molecule has 0 amide bonds. The van der Waals surface area contributed by atoms with Crippen molar-refractivity contribution in [1.29, 1.82) is 0 Å². The maximum absolute atomic E-state index is 2.43. The van der Waals surface area contributed by atoms with E-state index in [1.54, 1.807) is 0 Å². The Morgan fingerprint density at radius 3 is 2.04 bits per heavy atom. The van der Waals surface area contributed by atoms with Gasteiger partial charge in [-0.25, -0.2) is 0 Å². The second-order valence-corrected chi connectivity index (χ2v) is 13.8. The molecule has 0 unspecified atom stereocenters. The number of fused-ring (bicyclic) bond motifs is 10. The van der Waals surface area contributed by atoms with E-state index in [4.69, 9.17) is 0 Å². The third-order valence-electron chi connectivity index (χ3n) is 9.21. The lowest BCUT2D eigenvalue weighted by molar-refractivity contribution is 1.19. The molecule has 0 spiro atoms. The molecule has 0 saturated carbocycles. The minimum absolute atomic E-state index is 1.20. The number of nitrogens with zero attached hydrogens (tertiary/aromatic N) is 1. The molecule has 3 aromatic heterocycles. The molecule has 7 aromatic carbocycles. The predicted octanol–water partition coefficient (Wildman–Crippen LogP) is 12.9. The van der Waals surface area contributed by atoms with Crippen LogP contribution in [0.1, 0.15) is 0 Å². The SMILES string of the molecule is c1ccc(-n2c3ccccc3c3sc4cc(-c5ccccc5-c5cccc6sc7c8ccccc8ccc7c56)ccc4c32)cc1. The fourth-order valence-electron chi connectivity index (χ4n) is 7.23. The molecule has 0 radical (unpaired) electrons. The summed E-state index contributed by atoms with van der Waals surface area (Å²) >= 11 is 3.81. The standard InChI is InChI=1S/C42H25NS2/c1-2-12-28(13-3-1)43-36-19-9-8-17-33(36)42-40(43)34-23-22-27(25-38(34)45-42)29-14-6-7-16-31(29)32-18-10-20-37-39(32)35-24-21-26-11-4-5-15-30(26)41(35)44-37/h1-25H. The highest BCUT2D eigenvalue weighted by Gasteiger charge is 2.19. The van der Waals surface area contributed by atoms with E-state index in [0.717, 1.165) is 0 Å². The van der Waals surface area contributed by atoms with E-state index in [-0.39, 0.29) is 0 Å². The summed E-state index contributed by atoms with van der Waals surface area (Å²) in [5, 5.41) is 7.92. The van der Waals surface area contributed by atoms with Gasteiger partial charge in [-0.2, -0.15) is 0 Å². The van der Waals surface area contributed by atoms with Gasteiger partial charge in [-0.3, -0.25) is 0 Å². The third kappa shape index (κ3) is 3.66. The molecule has 0 aliphatic rings. The van der Waals surface area contributed by atoms with Crippen LogP contribution in [0.15, 0.2) is 152 Å². The van der Waals surface area contributed by atoms with E-state index in [2.05, 4.69) is 156 Å². The van der Waals surface area contributed by atoms with Gasteiger partial charge in [0.2, 0.25) is 0 Å². The normalized spacial score (nSPS) is 12.0. The molecule has 10 rings (SSSR count). The average molecular weight is 608 g/mol. The Bertz CT molecular complexity index is 2760. The first-order chi connectivity index (χ1) is 22.3. The highest BCUT2D eigenvalue weighted by molar-refractivity contribution is 7.27. The van der Waals surface area contributed by atoms with Crippen LogP contribution in [0.3, 0.4) is 0 Å². The second kappa shape index (κ2) is 9.64. The van der Waals surface area contributed by atoms with Gasteiger partial charge in [0.05, 0.1) is 15.7 Å². The molecule has 3 heteroatoms. The van der Waals surface area contributed by atoms with Gasteiger partial charge < -0.3 is 4.57 Å². The van der Waals surface area contributed by atoms with Crippen molar-refractivity contribution in [3.05, 3.63) is 152 Å². The van der Waals surface area contributed by atoms with Gasteiger partial charge in [0.15, 0.2) is 0 Å². The fourth-order valence-corrected chi connectivity index (χ4v) is 9.75. The van der Waals surface area contributed by atoms with Crippen LogP contribution in [-0.4, -0.2) is 4.57 Å². The van der Waals surface area contributed by atoms with Gasteiger partial charge in [-0.05, 0) is 63.4 Å². The fraction of sp³-hybridized carbons (Fsp3) is 0. The van der Waals surface area contributed by atoms with Crippen molar-refractivity contribution >= 4 is 84.8 Å². The van der Waals surface area contributed by atoms with Gasteiger partial charge >= 0.3 is 0 Å². The van der Waals surface area contributed by atoms with E-state index in [1.165, 1.54) is 90.1 Å². The second-order valence-electron chi connectivity index (χ2n) is 11.7. The highest BCUT2D eigenvalue weighted by atomic mass is 32.1. The van der Waals surface area contributed by atoms with Crippen molar-refractivity contribution in [2.24, 2.45) is 0 Å². The lowest BCUT2D eigenvalue weighted by Crippen LogP contribution is -1.92. The summed E-state index contributed by atoms with van der Waals surface area (Å²) in [6.07, 6.45) is 0. The number of benzene rings is 7. The minimum atomic E-state index is 1.20. The summed E-state index contributed by atoms with van der Waals surface area (Å²) in [5.74, 6) is 0. The molecule has 0 N–H and O–H groups in total. The molecular weight excluding hydrogens is 583 g/mol. The van der Waals surface area contributed by atoms with Crippen LogP contribution >= 0.6 is 22.7 Å². The van der Waals surface area contributed by atoms with E-state index < -0.39 is 0 Å². The predicted molar refractivity (Wildman–Crippen MR) is 197 cm³/mol. The molecule has 45 heavy (non-hydrogen) atoms. The molecule has 0 bridgehead atoms. The smallest absolute Gasteiger partial charge is 0.0727 e. The lowest BCUT2D eigenvalue weighted by Gasteiger charge is -2.12. The maximum atomic E-state index is 2.43. The quantitative estimate of drug-likeness (QED) is 0.188. The van der Waals surface area contributed by atoms with Crippen LogP contribution in [0.25, 0.3) is 90.1 Å². The number of rotatable bonds is 3. The van der Waals surface area contributed by atoms with Crippen LogP contribution in [0.4, 0.5) is 0 Å². The van der Waals surface area contributed by atoms with Crippen molar-refractivity contribution in [2.75, 3.05) is 0 Å². The van der Waals surface area contributed by atoms with Gasteiger partial charge in [0, 0.05) is 41.3 Å². The Morgan fingerprint density at radius 2 is 1.13 bits per heavy atom. The van der Waals surface area contributed by atoms with Crippen LogP contribution in [-0.2, 0) is 0 Å². The summed E-state index contributed by atoms with van der Waals surface area (Å²) in [6, 6.07) is 55.7. The Balaban J connectivity index is 1.20. The first kappa shape index (κ1) is 25.1. The summed E-state index contributed by atoms with van der Waals surface area (Å²) in [5.41, 5.74) is 8.83. The zero-order valence-corrected chi connectivity index (χ0v) is 25.8. The number of para-hydroxylation sites is 2. The Hall–Kier alpha value is -5.22. The zero-order valence-electron chi connectivity index (χ0n) is 24.2. The molecule has 0 fully saturated rings. The highest BCUT2D eigenvalue weighted by Crippen LogP contribution is 2.47. The number of thiophene rings is 2. The summed E-state index contributed by atoms with van der Waals surface area (Å²) in [6.45, 7) is 0. The summed E-state index contributed by atoms with van der Waals surface area (Å²) in [7, 11) is 0. The van der Waals surface area contributed by atoms with Crippen LogP contribution in [0, 0.1) is 0 Å². The molecule has 0 saturated heterocycles. The van der Waals surface area contributed by atoms with Crippen molar-refractivity contribution in [3.8, 4) is 27.9 Å². The van der Waals surface area contributed by atoms with Gasteiger partial charge in [0.1, 0.15) is 0 Å². The van der Waals surface area contributed by atoms with Crippen LogP contribution in [0.2, 0.25) is 0 Å². The Labute approximate surface area is 267 Å². The molecule has 210 valence electrons. The molecule has 1 nitrogen and oxygen atoms in total. The van der Waals surface area contributed by atoms with Gasteiger partial charge in [-0.1, -0.05) is 121 Å². The minimum Gasteiger partial charge on any atom is -0.308 e. The zero-order chi connectivity index (χ0) is 29.5. The monoisotopic (exact) mass is 607 g/mol. The summed E-state index contributed by atoms with van der Waals surface area (Å²) in [4.78, 5) is 0. The summed E-state index contributed by atoms with van der Waals surface area (Å²) < 4.78 is 7.79. The van der Waals surface area contributed by atoms with Gasteiger partial charge in [0.25, 0.3) is 0 Å². The van der Waals surface area contributed by atoms with Crippen LogP contribution in [0.5, 0.6) is 0 Å². The first-order valence-electron chi connectivity index (χ1n) is 15.3. The van der Waals surface area contributed by atoms with Crippen molar-refractivity contribution in [2.45, 2.75) is 0 Å². The van der Waals surface area contributed by atoms with E-state index >= 15 is 0 Å². The molecule has 0 atom stereocenters.